The van der Waals surface area contributed by atoms with Crippen molar-refractivity contribution in [1.82, 2.24) is 9.62 Å². The molecule has 0 radical (unpaired) electrons. The third-order valence-corrected chi connectivity index (χ3v) is 6.08. The number of aliphatic hydroxyl groups excluding tert-OH is 1. The third-order valence-electron chi connectivity index (χ3n) is 4.28. The number of hydrogen-bond donors (Lipinski definition) is 2. The van der Waals surface area contributed by atoms with Crippen LogP contribution in [0.4, 0.5) is 0 Å². The summed E-state index contributed by atoms with van der Waals surface area (Å²) in [6, 6.07) is 11.7. The zero-order valence-electron chi connectivity index (χ0n) is 15.0. The molecule has 0 heterocycles. The number of likely N-dealkylation sites (N-methyl/N-ethyl adjacent to an activating group) is 1. The lowest BCUT2D eigenvalue weighted by Gasteiger charge is -2.23. The topological polar surface area (TPSA) is 95.9 Å². The number of benzene rings is 2. The summed E-state index contributed by atoms with van der Waals surface area (Å²) in [7, 11) is -1.00. The first-order valence-electron chi connectivity index (χ1n) is 8.17. The molecular formula is C18H24N2O5S. The Hall–Kier alpha value is -2.00. The van der Waals surface area contributed by atoms with Gasteiger partial charge in [-0.1, -0.05) is 30.3 Å². The van der Waals surface area contributed by atoms with E-state index in [-0.39, 0.29) is 18.0 Å². The predicted molar refractivity (Wildman–Crippen MR) is 99.3 cm³/mol. The van der Waals surface area contributed by atoms with E-state index in [0.29, 0.717) is 0 Å². The number of fused-ring (bicyclic) bond motifs is 1. The number of rotatable bonds is 8. The molecule has 2 aromatic carbocycles. The highest BCUT2D eigenvalue weighted by molar-refractivity contribution is 7.89. The predicted octanol–water partition coefficient (Wildman–Crippen LogP) is 0.972. The van der Waals surface area contributed by atoms with Gasteiger partial charge in [-0.25, -0.2) is 8.42 Å². The van der Waals surface area contributed by atoms with Crippen molar-refractivity contribution in [3.05, 3.63) is 42.5 Å². The minimum absolute atomic E-state index is 0.121. The van der Waals surface area contributed by atoms with Crippen LogP contribution in [0, 0.1) is 0 Å². The van der Waals surface area contributed by atoms with Crippen molar-refractivity contribution >= 4 is 26.7 Å². The quantitative estimate of drug-likeness (QED) is 0.712. The van der Waals surface area contributed by atoms with Gasteiger partial charge in [0, 0.05) is 14.2 Å². The van der Waals surface area contributed by atoms with Crippen molar-refractivity contribution < 1.29 is 23.1 Å². The Morgan fingerprint density at radius 2 is 1.88 bits per heavy atom. The summed E-state index contributed by atoms with van der Waals surface area (Å²) < 4.78 is 31.5. The van der Waals surface area contributed by atoms with Crippen molar-refractivity contribution in [2.45, 2.75) is 24.0 Å². The van der Waals surface area contributed by atoms with Gasteiger partial charge in [0.2, 0.25) is 15.9 Å². The molecule has 0 unspecified atom stereocenters. The molecule has 2 rings (SSSR count). The van der Waals surface area contributed by atoms with Crippen LogP contribution in [0.15, 0.2) is 47.4 Å². The van der Waals surface area contributed by atoms with Gasteiger partial charge in [0.1, 0.15) is 0 Å². The van der Waals surface area contributed by atoms with Gasteiger partial charge in [0.25, 0.3) is 0 Å². The number of amides is 1. The summed E-state index contributed by atoms with van der Waals surface area (Å²) >= 11 is 0. The van der Waals surface area contributed by atoms with E-state index in [1.54, 1.807) is 19.1 Å². The maximum atomic E-state index is 12.7. The molecule has 2 aromatic rings. The van der Waals surface area contributed by atoms with Gasteiger partial charge in [-0.3, -0.25) is 4.79 Å². The minimum atomic E-state index is -3.82. The van der Waals surface area contributed by atoms with Crippen LogP contribution in [0.5, 0.6) is 0 Å². The van der Waals surface area contributed by atoms with Crippen molar-refractivity contribution in [2.75, 3.05) is 27.3 Å². The van der Waals surface area contributed by atoms with E-state index in [0.717, 1.165) is 15.1 Å². The Labute approximate surface area is 153 Å². The molecular weight excluding hydrogens is 356 g/mol. The molecule has 0 bridgehead atoms. The molecule has 0 aromatic heterocycles. The standard InChI is InChI=1S/C18H24N2O5S/c1-13(25-3)17(12-21)19-18(22)11-20(2)26(23,24)16-9-8-14-6-4-5-7-15(14)10-16/h4-10,13,17,21H,11-12H2,1-3H3,(H,19,22)/t13-,17-/m1/s1. The van der Waals surface area contributed by atoms with E-state index >= 15 is 0 Å². The first-order chi connectivity index (χ1) is 12.3. The molecule has 26 heavy (non-hydrogen) atoms. The van der Waals surface area contributed by atoms with Crippen molar-refractivity contribution in [2.24, 2.45) is 0 Å². The molecule has 1 amide bonds. The van der Waals surface area contributed by atoms with Gasteiger partial charge in [-0.05, 0) is 29.8 Å². The second-order valence-electron chi connectivity index (χ2n) is 6.07. The average molecular weight is 380 g/mol. The second kappa shape index (κ2) is 8.59. The maximum Gasteiger partial charge on any atom is 0.243 e. The van der Waals surface area contributed by atoms with Crippen LogP contribution in [0.2, 0.25) is 0 Å². The van der Waals surface area contributed by atoms with Gasteiger partial charge < -0.3 is 15.2 Å². The number of methoxy groups -OCH3 is 1. The number of carbonyl (C=O) groups excluding carboxylic acids is 1. The summed E-state index contributed by atoms with van der Waals surface area (Å²) in [6.07, 6.45) is -0.397. The number of aliphatic hydroxyl groups is 1. The maximum absolute atomic E-state index is 12.7. The van der Waals surface area contributed by atoms with Gasteiger partial charge >= 0.3 is 0 Å². The Kier molecular flexibility index (Phi) is 6.71. The van der Waals surface area contributed by atoms with Crippen LogP contribution in [-0.4, -0.2) is 63.2 Å². The Morgan fingerprint density at radius 3 is 2.50 bits per heavy atom. The monoisotopic (exact) mass is 380 g/mol. The largest absolute Gasteiger partial charge is 0.394 e. The second-order valence-corrected chi connectivity index (χ2v) is 8.11. The van der Waals surface area contributed by atoms with Gasteiger partial charge in [0.05, 0.1) is 30.2 Å². The lowest BCUT2D eigenvalue weighted by molar-refractivity contribution is -0.123. The van der Waals surface area contributed by atoms with Crippen LogP contribution < -0.4 is 5.32 Å². The molecule has 7 nitrogen and oxygen atoms in total. The summed E-state index contributed by atoms with van der Waals surface area (Å²) in [5.74, 6) is -0.514. The van der Waals surface area contributed by atoms with E-state index in [1.165, 1.54) is 20.2 Å². The Balaban J connectivity index is 2.13. The van der Waals surface area contributed by atoms with Crippen LogP contribution in [-0.2, 0) is 19.6 Å². The van der Waals surface area contributed by atoms with Crippen LogP contribution >= 0.6 is 0 Å². The molecule has 142 valence electrons. The van der Waals surface area contributed by atoms with Crippen LogP contribution in [0.1, 0.15) is 6.92 Å². The molecule has 0 saturated heterocycles. The fourth-order valence-electron chi connectivity index (χ4n) is 2.52. The van der Waals surface area contributed by atoms with Crippen LogP contribution in [0.3, 0.4) is 0 Å². The molecule has 0 aliphatic rings. The number of hydrogen-bond acceptors (Lipinski definition) is 5. The Morgan fingerprint density at radius 1 is 1.23 bits per heavy atom. The van der Waals surface area contributed by atoms with Gasteiger partial charge in [-0.2, -0.15) is 4.31 Å². The summed E-state index contributed by atoms with van der Waals surface area (Å²) in [5.41, 5.74) is 0. The summed E-state index contributed by atoms with van der Waals surface area (Å²) in [6.45, 7) is 1.04. The van der Waals surface area contributed by atoms with E-state index < -0.39 is 28.1 Å². The lowest BCUT2D eigenvalue weighted by Crippen LogP contribution is -2.49. The summed E-state index contributed by atoms with van der Waals surface area (Å²) in [4.78, 5) is 12.3. The Bertz CT molecular complexity index is 869. The molecule has 0 fully saturated rings. The first kappa shape index (κ1) is 20.3. The number of ether oxygens (including phenoxy) is 1. The normalized spacial score (nSPS) is 14.3. The van der Waals surface area contributed by atoms with Crippen molar-refractivity contribution in [3.8, 4) is 0 Å². The van der Waals surface area contributed by atoms with Crippen molar-refractivity contribution in [3.63, 3.8) is 0 Å². The number of nitrogens with one attached hydrogen (secondary N) is 1. The first-order valence-corrected chi connectivity index (χ1v) is 9.61. The minimum Gasteiger partial charge on any atom is -0.394 e. The highest BCUT2D eigenvalue weighted by Crippen LogP contribution is 2.21. The smallest absolute Gasteiger partial charge is 0.243 e. The highest BCUT2D eigenvalue weighted by atomic mass is 32.2. The number of carbonyl (C=O) groups is 1. The highest BCUT2D eigenvalue weighted by Gasteiger charge is 2.25. The van der Waals surface area contributed by atoms with Crippen LogP contribution in [0.25, 0.3) is 10.8 Å². The van der Waals surface area contributed by atoms with E-state index in [4.69, 9.17) is 4.74 Å². The van der Waals surface area contributed by atoms with Gasteiger partial charge in [-0.15, -0.1) is 0 Å². The van der Waals surface area contributed by atoms with Crippen molar-refractivity contribution in [1.29, 1.82) is 0 Å². The van der Waals surface area contributed by atoms with Gasteiger partial charge in [0.15, 0.2) is 0 Å². The molecule has 0 aliphatic carbocycles. The fourth-order valence-corrected chi connectivity index (χ4v) is 3.69. The molecule has 2 atom stereocenters. The van der Waals surface area contributed by atoms with E-state index in [9.17, 15) is 18.3 Å². The molecule has 2 N–H and O–H groups in total. The molecule has 0 saturated carbocycles. The lowest BCUT2D eigenvalue weighted by atomic mass is 10.1. The average Bonchev–Trinajstić information content (AvgIpc) is 2.64. The molecule has 8 heteroatoms. The zero-order chi connectivity index (χ0) is 19.3. The third kappa shape index (κ3) is 4.59. The molecule has 0 aliphatic heterocycles. The number of nitrogens with zero attached hydrogens (tertiary/aromatic N) is 1. The number of sulfonamides is 1. The molecule has 0 spiro atoms. The van der Waals surface area contributed by atoms with E-state index in [2.05, 4.69) is 5.32 Å². The fraction of sp³-hybridized carbons (Fsp3) is 0.389. The SMILES string of the molecule is CO[C@H](C)[C@@H](CO)NC(=O)CN(C)S(=O)(=O)c1ccc2ccccc2c1. The van der Waals surface area contributed by atoms with E-state index in [1.807, 2.05) is 24.3 Å². The zero-order valence-corrected chi connectivity index (χ0v) is 15.9. The summed E-state index contributed by atoms with van der Waals surface area (Å²) in [5, 5.41) is 13.6.